The largest absolute Gasteiger partial charge is 0.302 e. The van der Waals surface area contributed by atoms with E-state index in [1.165, 1.54) is 11.1 Å². The van der Waals surface area contributed by atoms with Crippen molar-refractivity contribution >= 4 is 5.91 Å². The molecule has 0 aromatic heterocycles. The predicted molar refractivity (Wildman–Crippen MR) is 97.3 cm³/mol. The average molecular weight is 332 g/mol. The number of hydrogen-bond donors (Lipinski definition) is 3. The molecule has 0 spiro atoms. The molecular weight excluding hydrogens is 312 g/mol. The average Bonchev–Trinajstić information content (AvgIpc) is 2.70. The standard InChI is InChI=1S/C21H20N2O2/c24-21(23-25)19-13-11-16(12-14-19)15-22-20(17-7-3-1-4-8-17)18-9-5-2-6-10-18/h1-14,20,22,25H,15H2,(H,23,24). The van der Waals surface area contributed by atoms with Crippen molar-refractivity contribution in [3.05, 3.63) is 107 Å². The van der Waals surface area contributed by atoms with E-state index in [2.05, 4.69) is 29.6 Å². The van der Waals surface area contributed by atoms with Gasteiger partial charge >= 0.3 is 0 Å². The Morgan fingerprint density at radius 3 is 1.80 bits per heavy atom. The highest BCUT2D eigenvalue weighted by molar-refractivity contribution is 5.93. The second-order valence-corrected chi connectivity index (χ2v) is 5.77. The molecule has 3 aromatic rings. The molecule has 0 aliphatic carbocycles. The van der Waals surface area contributed by atoms with Gasteiger partial charge in [-0.2, -0.15) is 0 Å². The summed E-state index contributed by atoms with van der Waals surface area (Å²) in [5.74, 6) is -0.508. The van der Waals surface area contributed by atoms with E-state index >= 15 is 0 Å². The van der Waals surface area contributed by atoms with Gasteiger partial charge in [-0.25, -0.2) is 5.48 Å². The van der Waals surface area contributed by atoms with Crippen molar-refractivity contribution in [2.75, 3.05) is 0 Å². The quantitative estimate of drug-likeness (QED) is 0.477. The lowest BCUT2D eigenvalue weighted by Crippen LogP contribution is -2.22. The van der Waals surface area contributed by atoms with Gasteiger partial charge in [0.15, 0.2) is 0 Å². The first kappa shape index (κ1) is 16.9. The lowest BCUT2D eigenvalue weighted by atomic mass is 9.98. The number of hydrogen-bond acceptors (Lipinski definition) is 3. The second kappa shape index (κ2) is 8.24. The molecule has 4 nitrogen and oxygen atoms in total. The van der Waals surface area contributed by atoms with Crippen LogP contribution in [0.1, 0.15) is 33.1 Å². The van der Waals surface area contributed by atoms with Gasteiger partial charge in [-0.1, -0.05) is 72.8 Å². The van der Waals surface area contributed by atoms with E-state index in [1.807, 2.05) is 48.5 Å². The van der Waals surface area contributed by atoms with Crippen LogP contribution in [0.15, 0.2) is 84.9 Å². The minimum atomic E-state index is -0.508. The zero-order chi connectivity index (χ0) is 17.5. The fraction of sp³-hybridized carbons (Fsp3) is 0.0952. The molecule has 0 aliphatic heterocycles. The summed E-state index contributed by atoms with van der Waals surface area (Å²) in [6, 6.07) is 27.8. The van der Waals surface area contributed by atoms with Crippen LogP contribution in [-0.2, 0) is 6.54 Å². The Morgan fingerprint density at radius 1 is 0.800 bits per heavy atom. The molecule has 0 unspecified atom stereocenters. The molecule has 126 valence electrons. The summed E-state index contributed by atoms with van der Waals surface area (Å²) in [6.45, 7) is 0.662. The Morgan fingerprint density at radius 2 is 1.32 bits per heavy atom. The summed E-state index contributed by atoms with van der Waals surface area (Å²) in [4.78, 5) is 11.4. The lowest BCUT2D eigenvalue weighted by Gasteiger charge is -2.20. The maximum absolute atomic E-state index is 11.4. The Balaban J connectivity index is 1.76. The number of benzene rings is 3. The van der Waals surface area contributed by atoms with E-state index in [1.54, 1.807) is 17.6 Å². The van der Waals surface area contributed by atoms with Gasteiger partial charge in [0.05, 0.1) is 6.04 Å². The van der Waals surface area contributed by atoms with Crippen molar-refractivity contribution in [1.29, 1.82) is 0 Å². The zero-order valence-corrected chi connectivity index (χ0v) is 13.7. The van der Waals surface area contributed by atoms with Crippen LogP contribution in [0.25, 0.3) is 0 Å². The first-order valence-electron chi connectivity index (χ1n) is 8.14. The van der Waals surface area contributed by atoms with Crippen molar-refractivity contribution < 1.29 is 10.0 Å². The van der Waals surface area contributed by atoms with Gasteiger partial charge in [0.25, 0.3) is 5.91 Å². The zero-order valence-electron chi connectivity index (χ0n) is 13.7. The van der Waals surface area contributed by atoms with Crippen molar-refractivity contribution in [3.63, 3.8) is 0 Å². The normalized spacial score (nSPS) is 10.6. The first-order valence-corrected chi connectivity index (χ1v) is 8.14. The summed E-state index contributed by atoms with van der Waals surface area (Å²) in [6.07, 6.45) is 0. The van der Waals surface area contributed by atoms with Crippen LogP contribution in [0.2, 0.25) is 0 Å². The Labute approximate surface area is 147 Å². The molecule has 4 heteroatoms. The summed E-state index contributed by atoms with van der Waals surface area (Å²) in [7, 11) is 0. The third-order valence-electron chi connectivity index (χ3n) is 4.09. The minimum Gasteiger partial charge on any atom is -0.302 e. The highest BCUT2D eigenvalue weighted by atomic mass is 16.5. The summed E-state index contributed by atoms with van der Waals surface area (Å²) in [5.41, 5.74) is 5.52. The molecule has 3 aromatic carbocycles. The second-order valence-electron chi connectivity index (χ2n) is 5.77. The van der Waals surface area contributed by atoms with E-state index < -0.39 is 5.91 Å². The third-order valence-corrected chi connectivity index (χ3v) is 4.09. The van der Waals surface area contributed by atoms with Crippen LogP contribution >= 0.6 is 0 Å². The molecule has 0 saturated carbocycles. The van der Waals surface area contributed by atoms with E-state index in [0.29, 0.717) is 12.1 Å². The Hall–Kier alpha value is -2.95. The highest BCUT2D eigenvalue weighted by Crippen LogP contribution is 2.22. The molecule has 1 amide bonds. The molecular formula is C21H20N2O2. The highest BCUT2D eigenvalue weighted by Gasteiger charge is 2.13. The number of nitrogens with one attached hydrogen (secondary N) is 2. The molecule has 0 bridgehead atoms. The lowest BCUT2D eigenvalue weighted by molar-refractivity contribution is 0.0706. The molecule has 0 heterocycles. The molecule has 25 heavy (non-hydrogen) atoms. The van der Waals surface area contributed by atoms with E-state index in [0.717, 1.165) is 5.56 Å². The van der Waals surface area contributed by atoms with Crippen LogP contribution in [-0.4, -0.2) is 11.1 Å². The number of rotatable bonds is 6. The van der Waals surface area contributed by atoms with Crippen LogP contribution in [0.4, 0.5) is 0 Å². The molecule has 0 aliphatic rings. The van der Waals surface area contributed by atoms with Gasteiger partial charge < -0.3 is 5.32 Å². The predicted octanol–water partition coefficient (Wildman–Crippen LogP) is 3.68. The fourth-order valence-corrected chi connectivity index (χ4v) is 2.78. The summed E-state index contributed by atoms with van der Waals surface area (Å²) >= 11 is 0. The molecule has 3 rings (SSSR count). The van der Waals surface area contributed by atoms with Crippen LogP contribution < -0.4 is 10.8 Å². The molecule has 0 radical (unpaired) electrons. The monoisotopic (exact) mass is 332 g/mol. The first-order chi connectivity index (χ1) is 12.3. The smallest absolute Gasteiger partial charge is 0.274 e. The molecule has 3 N–H and O–H groups in total. The topological polar surface area (TPSA) is 61.4 Å². The van der Waals surface area contributed by atoms with Crippen molar-refractivity contribution in [1.82, 2.24) is 10.8 Å². The van der Waals surface area contributed by atoms with Gasteiger partial charge in [0, 0.05) is 12.1 Å². The van der Waals surface area contributed by atoms with Crippen LogP contribution in [0.5, 0.6) is 0 Å². The number of carbonyl (C=O) groups is 1. The van der Waals surface area contributed by atoms with Crippen LogP contribution in [0.3, 0.4) is 0 Å². The molecule has 0 saturated heterocycles. The Kier molecular flexibility index (Phi) is 5.57. The van der Waals surface area contributed by atoms with E-state index in [-0.39, 0.29) is 6.04 Å². The van der Waals surface area contributed by atoms with Crippen molar-refractivity contribution in [2.45, 2.75) is 12.6 Å². The fourth-order valence-electron chi connectivity index (χ4n) is 2.78. The maximum Gasteiger partial charge on any atom is 0.274 e. The number of carbonyl (C=O) groups excluding carboxylic acids is 1. The van der Waals surface area contributed by atoms with Gasteiger partial charge in [-0.15, -0.1) is 0 Å². The third kappa shape index (κ3) is 4.32. The summed E-state index contributed by atoms with van der Waals surface area (Å²) in [5, 5.41) is 12.3. The van der Waals surface area contributed by atoms with E-state index in [9.17, 15) is 4.79 Å². The molecule has 0 fully saturated rings. The van der Waals surface area contributed by atoms with Gasteiger partial charge in [0.1, 0.15) is 0 Å². The number of amides is 1. The SMILES string of the molecule is O=C(NO)c1ccc(CNC(c2ccccc2)c2ccccc2)cc1. The van der Waals surface area contributed by atoms with Gasteiger partial charge in [-0.3, -0.25) is 10.0 Å². The van der Waals surface area contributed by atoms with Gasteiger partial charge in [0.2, 0.25) is 0 Å². The minimum absolute atomic E-state index is 0.0859. The van der Waals surface area contributed by atoms with E-state index in [4.69, 9.17) is 5.21 Å². The molecule has 0 atom stereocenters. The van der Waals surface area contributed by atoms with Crippen molar-refractivity contribution in [2.24, 2.45) is 0 Å². The van der Waals surface area contributed by atoms with Gasteiger partial charge in [-0.05, 0) is 28.8 Å². The maximum atomic E-state index is 11.4. The van der Waals surface area contributed by atoms with Crippen molar-refractivity contribution in [3.8, 4) is 0 Å². The summed E-state index contributed by atoms with van der Waals surface area (Å²) < 4.78 is 0. The number of hydroxylamine groups is 1. The Bertz CT molecular complexity index is 763. The van der Waals surface area contributed by atoms with Crippen LogP contribution in [0, 0.1) is 0 Å².